The van der Waals surface area contributed by atoms with Crippen LogP contribution in [0.15, 0.2) is 12.1 Å². The maximum Gasteiger partial charge on any atom is 0.254 e. The third-order valence-electron chi connectivity index (χ3n) is 5.89. The molecule has 0 radical (unpaired) electrons. The van der Waals surface area contributed by atoms with Crippen LogP contribution in [-0.4, -0.2) is 54.5 Å². The molecule has 0 bridgehead atoms. The Balaban J connectivity index is 1.98. The Hall–Kier alpha value is -1.43. The topological polar surface area (TPSA) is 58.8 Å². The summed E-state index contributed by atoms with van der Waals surface area (Å²) in [6, 6.07) is 4.67. The van der Waals surface area contributed by atoms with Gasteiger partial charge in [-0.25, -0.2) is 0 Å². The summed E-state index contributed by atoms with van der Waals surface area (Å²) in [6.45, 7) is 11.0. The van der Waals surface area contributed by atoms with Crippen LogP contribution in [0.5, 0.6) is 0 Å². The van der Waals surface area contributed by atoms with Crippen LogP contribution in [0.2, 0.25) is 0 Å². The molecule has 1 fully saturated rings. The van der Waals surface area contributed by atoms with Crippen LogP contribution in [0.1, 0.15) is 66.8 Å². The van der Waals surface area contributed by atoms with Gasteiger partial charge in [-0.05, 0) is 62.4 Å². The largest absolute Gasteiger partial charge is 0.371 e. The van der Waals surface area contributed by atoms with E-state index in [1.165, 1.54) is 11.1 Å². The van der Waals surface area contributed by atoms with Gasteiger partial charge in [-0.3, -0.25) is 9.69 Å². The molecule has 1 aromatic carbocycles. The highest BCUT2D eigenvalue weighted by Gasteiger charge is 2.37. The summed E-state index contributed by atoms with van der Waals surface area (Å²) < 4.78 is 6.21. The molecule has 3 rings (SSSR count). The van der Waals surface area contributed by atoms with Gasteiger partial charge < -0.3 is 15.4 Å². The average Bonchev–Trinajstić information content (AvgIpc) is 2.68. The van der Waals surface area contributed by atoms with Crippen molar-refractivity contribution in [3.63, 3.8) is 0 Å². The van der Waals surface area contributed by atoms with Crippen molar-refractivity contribution in [2.45, 2.75) is 58.7 Å². The summed E-state index contributed by atoms with van der Waals surface area (Å²) in [5.41, 5.74) is 10.2. The number of rotatable bonds is 6. The van der Waals surface area contributed by atoms with Gasteiger partial charge in [0.1, 0.15) is 0 Å². The molecule has 1 aliphatic heterocycles. The molecule has 1 aromatic rings. The number of carbonyl (C=O) groups excluding carboxylic acids is 1. The normalized spacial score (nSPS) is 22.6. The fourth-order valence-electron chi connectivity index (χ4n) is 4.51. The van der Waals surface area contributed by atoms with Crippen molar-refractivity contribution in [2.24, 2.45) is 5.73 Å². The first-order valence-corrected chi connectivity index (χ1v) is 10.1. The van der Waals surface area contributed by atoms with Crippen molar-refractivity contribution >= 4 is 5.91 Å². The lowest BCUT2D eigenvalue weighted by molar-refractivity contribution is -0.0801. The first kappa shape index (κ1) is 19.3. The van der Waals surface area contributed by atoms with E-state index in [2.05, 4.69) is 24.0 Å². The zero-order valence-corrected chi connectivity index (χ0v) is 16.5. The summed E-state index contributed by atoms with van der Waals surface area (Å²) in [5.74, 6) is 0.0848. The summed E-state index contributed by atoms with van der Waals surface area (Å²) in [6.07, 6.45) is 3.39. The number of nitrogens with two attached hydrogens (primary N) is 1. The first-order chi connectivity index (χ1) is 12.6. The lowest BCUT2D eigenvalue weighted by Gasteiger charge is -2.45. The number of carbonyl (C=O) groups is 1. The SMILES string of the molecule is CCCN1CCOC2c3cc(C(=O)N(CC)CC)c(CN)cc3CCC21. The standard InChI is InChI=1S/C21H33N3O2/c1-4-9-24-10-11-26-20-17-13-18(21(25)23(5-2)6-3)16(14-22)12-15(17)7-8-19(20)24/h12-13,19-20H,4-11,14,22H2,1-3H3. The number of hydrogen-bond donors (Lipinski definition) is 1. The minimum absolute atomic E-state index is 0.0779. The third-order valence-corrected chi connectivity index (χ3v) is 5.89. The van der Waals surface area contributed by atoms with Crippen molar-refractivity contribution in [3.8, 4) is 0 Å². The predicted molar refractivity (Wildman–Crippen MR) is 104 cm³/mol. The molecular formula is C21H33N3O2. The number of ether oxygens (including phenoxy) is 1. The smallest absolute Gasteiger partial charge is 0.254 e. The van der Waals surface area contributed by atoms with E-state index >= 15 is 0 Å². The number of aryl methyl sites for hydroxylation is 1. The second-order valence-corrected chi connectivity index (χ2v) is 7.32. The number of hydrogen-bond acceptors (Lipinski definition) is 4. The summed E-state index contributed by atoms with van der Waals surface area (Å²) >= 11 is 0. The van der Waals surface area contributed by atoms with Crippen molar-refractivity contribution in [2.75, 3.05) is 32.8 Å². The Morgan fingerprint density at radius 2 is 2.08 bits per heavy atom. The molecule has 0 aromatic heterocycles. The van der Waals surface area contributed by atoms with Crippen molar-refractivity contribution in [3.05, 3.63) is 34.4 Å². The highest BCUT2D eigenvalue weighted by atomic mass is 16.5. The van der Waals surface area contributed by atoms with Crippen LogP contribution in [0.3, 0.4) is 0 Å². The highest BCUT2D eigenvalue weighted by Crippen LogP contribution is 2.39. The Labute approximate surface area is 157 Å². The van der Waals surface area contributed by atoms with Crippen LogP contribution in [0.4, 0.5) is 0 Å². The van der Waals surface area contributed by atoms with Gasteiger partial charge in [0.25, 0.3) is 5.91 Å². The molecule has 0 spiro atoms. The maximum absolute atomic E-state index is 13.0. The van der Waals surface area contributed by atoms with E-state index in [4.69, 9.17) is 10.5 Å². The fourth-order valence-corrected chi connectivity index (χ4v) is 4.51. The Morgan fingerprint density at radius 1 is 1.31 bits per heavy atom. The van der Waals surface area contributed by atoms with E-state index in [0.717, 1.165) is 50.1 Å². The molecule has 26 heavy (non-hydrogen) atoms. The second kappa shape index (κ2) is 8.51. The van der Waals surface area contributed by atoms with E-state index < -0.39 is 0 Å². The number of amides is 1. The predicted octanol–water partition coefficient (Wildman–Crippen LogP) is 2.73. The van der Waals surface area contributed by atoms with Crippen molar-refractivity contribution < 1.29 is 9.53 Å². The molecule has 1 amide bonds. The number of fused-ring (bicyclic) bond motifs is 3. The third kappa shape index (κ3) is 3.53. The van der Waals surface area contributed by atoms with Crippen LogP contribution < -0.4 is 5.73 Å². The van der Waals surface area contributed by atoms with E-state index in [0.29, 0.717) is 25.7 Å². The fraction of sp³-hybridized carbons (Fsp3) is 0.667. The number of morpholine rings is 1. The van der Waals surface area contributed by atoms with Gasteiger partial charge in [0.05, 0.1) is 12.7 Å². The molecule has 2 aliphatic rings. The minimum atomic E-state index is 0.0779. The van der Waals surface area contributed by atoms with Crippen LogP contribution in [0, 0.1) is 0 Å². The van der Waals surface area contributed by atoms with Crippen LogP contribution in [0.25, 0.3) is 0 Å². The minimum Gasteiger partial charge on any atom is -0.371 e. The van der Waals surface area contributed by atoms with Gasteiger partial charge in [-0.1, -0.05) is 13.0 Å². The zero-order chi connectivity index (χ0) is 18.7. The maximum atomic E-state index is 13.0. The van der Waals surface area contributed by atoms with Gasteiger partial charge in [0, 0.05) is 37.8 Å². The first-order valence-electron chi connectivity index (χ1n) is 10.1. The molecule has 1 heterocycles. The molecule has 2 N–H and O–H groups in total. The monoisotopic (exact) mass is 359 g/mol. The van der Waals surface area contributed by atoms with E-state index in [1.807, 2.05) is 18.7 Å². The lowest BCUT2D eigenvalue weighted by Crippen LogP contribution is -2.49. The van der Waals surface area contributed by atoms with Crippen LogP contribution in [-0.2, 0) is 17.7 Å². The van der Waals surface area contributed by atoms with Crippen molar-refractivity contribution in [1.29, 1.82) is 0 Å². The molecule has 2 unspecified atom stereocenters. The lowest BCUT2D eigenvalue weighted by atomic mass is 9.81. The van der Waals surface area contributed by atoms with Gasteiger partial charge in [-0.15, -0.1) is 0 Å². The van der Waals surface area contributed by atoms with Crippen LogP contribution >= 0.6 is 0 Å². The molecule has 5 nitrogen and oxygen atoms in total. The second-order valence-electron chi connectivity index (χ2n) is 7.32. The summed E-state index contributed by atoms with van der Waals surface area (Å²) in [4.78, 5) is 17.5. The van der Waals surface area contributed by atoms with Crippen molar-refractivity contribution in [1.82, 2.24) is 9.80 Å². The summed E-state index contributed by atoms with van der Waals surface area (Å²) in [7, 11) is 0. The van der Waals surface area contributed by atoms with Gasteiger partial charge >= 0.3 is 0 Å². The average molecular weight is 360 g/mol. The van der Waals surface area contributed by atoms with Gasteiger partial charge in [-0.2, -0.15) is 0 Å². The van der Waals surface area contributed by atoms with Gasteiger partial charge in [0.15, 0.2) is 0 Å². The Kier molecular flexibility index (Phi) is 6.33. The molecular weight excluding hydrogens is 326 g/mol. The molecule has 0 saturated carbocycles. The number of benzene rings is 1. The molecule has 2 atom stereocenters. The van der Waals surface area contributed by atoms with E-state index in [9.17, 15) is 4.79 Å². The van der Waals surface area contributed by atoms with E-state index in [-0.39, 0.29) is 12.0 Å². The number of nitrogens with zero attached hydrogens (tertiary/aromatic N) is 2. The molecule has 1 aliphatic carbocycles. The molecule has 144 valence electrons. The highest BCUT2D eigenvalue weighted by molar-refractivity contribution is 5.96. The summed E-state index contributed by atoms with van der Waals surface area (Å²) in [5, 5.41) is 0. The molecule has 5 heteroatoms. The Bertz CT molecular complexity index is 640. The van der Waals surface area contributed by atoms with Gasteiger partial charge in [0.2, 0.25) is 0 Å². The zero-order valence-electron chi connectivity index (χ0n) is 16.5. The Morgan fingerprint density at radius 3 is 2.73 bits per heavy atom. The quantitative estimate of drug-likeness (QED) is 0.848. The molecule has 1 saturated heterocycles. The van der Waals surface area contributed by atoms with E-state index in [1.54, 1.807) is 0 Å².